The number of Topliss-reactive ketones (excluding diaryl/α,β-unsaturated/α-hetero) is 1. The van der Waals surface area contributed by atoms with E-state index in [0.717, 1.165) is 12.3 Å². The van der Waals surface area contributed by atoms with Crippen molar-refractivity contribution in [3.05, 3.63) is 58.7 Å². The fraction of sp³-hybridized carbons (Fsp3) is 0.656. The van der Waals surface area contributed by atoms with Gasteiger partial charge >= 0.3 is 0 Å². The summed E-state index contributed by atoms with van der Waals surface area (Å²) in [6.07, 6.45) is 12.4. The molecule has 2 nitrogen and oxygen atoms in total. The zero-order valence-electron chi connectivity index (χ0n) is 22.0. The van der Waals surface area contributed by atoms with E-state index in [-0.39, 0.29) is 11.2 Å². The third-order valence-electron chi connectivity index (χ3n) is 10.8. The molecule has 5 rings (SSSR count). The van der Waals surface area contributed by atoms with Crippen molar-refractivity contribution < 1.29 is 9.90 Å². The number of carbonyl (C=O) groups excluding carboxylic acids is 1. The van der Waals surface area contributed by atoms with Gasteiger partial charge in [0.25, 0.3) is 0 Å². The summed E-state index contributed by atoms with van der Waals surface area (Å²) < 4.78 is 0. The molecule has 0 aromatic heterocycles. The van der Waals surface area contributed by atoms with E-state index in [1.54, 1.807) is 16.7 Å². The molecule has 2 heteroatoms. The van der Waals surface area contributed by atoms with Crippen molar-refractivity contribution in [1.82, 2.24) is 0 Å². The number of ketones is 1. The van der Waals surface area contributed by atoms with E-state index < -0.39 is 6.10 Å². The number of aliphatic hydroxyl groups excluding tert-OH is 1. The molecule has 0 spiro atoms. The Morgan fingerprint density at radius 2 is 1.76 bits per heavy atom. The normalized spacial score (nSPS) is 36.1. The lowest BCUT2D eigenvalue weighted by molar-refractivity contribution is 0.00551. The number of allylic oxidation sites excluding steroid dienone is 4. The molecule has 4 aliphatic rings. The highest BCUT2D eigenvalue weighted by Crippen LogP contribution is 2.66. The molecule has 1 unspecified atom stereocenters. The number of carbonyl (C=O) groups is 1. The van der Waals surface area contributed by atoms with Crippen molar-refractivity contribution in [3.8, 4) is 0 Å². The van der Waals surface area contributed by atoms with Gasteiger partial charge in [-0.3, -0.25) is 4.79 Å². The van der Waals surface area contributed by atoms with Crippen LogP contribution in [0.4, 0.5) is 0 Å². The zero-order valence-corrected chi connectivity index (χ0v) is 22.0. The smallest absolute Gasteiger partial charge is 0.191 e. The molecule has 184 valence electrons. The lowest BCUT2D eigenvalue weighted by Gasteiger charge is -2.58. The second-order valence-corrected chi connectivity index (χ2v) is 13.1. The first-order valence-electron chi connectivity index (χ1n) is 13.8. The number of fused-ring (bicyclic) bond motifs is 4. The van der Waals surface area contributed by atoms with Gasteiger partial charge in [0.1, 0.15) is 6.10 Å². The van der Waals surface area contributed by atoms with Crippen molar-refractivity contribution in [1.29, 1.82) is 0 Å². The quantitative estimate of drug-likeness (QED) is 0.453. The predicted molar refractivity (Wildman–Crippen MR) is 140 cm³/mol. The largest absolute Gasteiger partial charge is 0.385 e. The summed E-state index contributed by atoms with van der Waals surface area (Å²) in [5.74, 6) is 1.49. The maximum atomic E-state index is 12.8. The molecule has 6 atom stereocenters. The Kier molecular flexibility index (Phi) is 5.99. The van der Waals surface area contributed by atoms with E-state index in [4.69, 9.17) is 0 Å². The van der Waals surface area contributed by atoms with Gasteiger partial charge in [-0.15, -0.1) is 0 Å². The SMILES string of the molecule is C[C@H](CC(O)C(=O)c1ccccc1)[C@H]1CC=C2C3=C(CC[C@@]21C)[C@@]1(C)CCCC(C)(C)[C@@H]1CC3. The van der Waals surface area contributed by atoms with E-state index in [2.05, 4.69) is 40.7 Å². The van der Waals surface area contributed by atoms with Crippen molar-refractivity contribution >= 4 is 5.78 Å². The third kappa shape index (κ3) is 3.67. The fourth-order valence-electron chi connectivity index (χ4n) is 9.10. The Hall–Kier alpha value is -1.67. The molecule has 1 saturated carbocycles. The minimum absolute atomic E-state index is 0.136. The van der Waals surface area contributed by atoms with Gasteiger partial charge in [0.2, 0.25) is 0 Å². The van der Waals surface area contributed by atoms with Gasteiger partial charge in [-0.25, -0.2) is 0 Å². The highest BCUT2D eigenvalue weighted by atomic mass is 16.3. The van der Waals surface area contributed by atoms with E-state index in [0.29, 0.717) is 34.7 Å². The summed E-state index contributed by atoms with van der Waals surface area (Å²) in [5, 5.41) is 10.8. The predicted octanol–water partition coefficient (Wildman–Crippen LogP) is 7.93. The maximum absolute atomic E-state index is 12.8. The van der Waals surface area contributed by atoms with Crippen LogP contribution in [-0.2, 0) is 0 Å². The van der Waals surface area contributed by atoms with E-state index >= 15 is 0 Å². The van der Waals surface area contributed by atoms with Crippen molar-refractivity contribution in [2.45, 2.75) is 98.5 Å². The number of hydrogen-bond acceptors (Lipinski definition) is 2. The summed E-state index contributed by atoms with van der Waals surface area (Å²) in [6.45, 7) is 12.4. The summed E-state index contributed by atoms with van der Waals surface area (Å²) >= 11 is 0. The van der Waals surface area contributed by atoms with Crippen molar-refractivity contribution in [2.24, 2.45) is 34.0 Å². The highest BCUT2D eigenvalue weighted by molar-refractivity contribution is 5.99. The Morgan fingerprint density at radius 3 is 2.50 bits per heavy atom. The van der Waals surface area contributed by atoms with Gasteiger partial charge in [0.15, 0.2) is 5.78 Å². The second kappa shape index (κ2) is 8.47. The van der Waals surface area contributed by atoms with Gasteiger partial charge < -0.3 is 5.11 Å². The van der Waals surface area contributed by atoms with Crippen LogP contribution in [0.3, 0.4) is 0 Å². The van der Waals surface area contributed by atoms with Gasteiger partial charge in [0, 0.05) is 5.56 Å². The van der Waals surface area contributed by atoms with Gasteiger partial charge in [-0.05, 0) is 96.5 Å². The van der Waals surface area contributed by atoms with Crippen molar-refractivity contribution in [2.75, 3.05) is 0 Å². The minimum Gasteiger partial charge on any atom is -0.385 e. The van der Waals surface area contributed by atoms with Crippen LogP contribution in [0.5, 0.6) is 0 Å². The molecule has 0 heterocycles. The molecule has 0 bridgehead atoms. The molecule has 0 saturated heterocycles. The fourth-order valence-corrected chi connectivity index (χ4v) is 9.10. The Morgan fingerprint density at radius 1 is 1.03 bits per heavy atom. The third-order valence-corrected chi connectivity index (χ3v) is 10.8. The average molecular weight is 461 g/mol. The van der Waals surface area contributed by atoms with Crippen LogP contribution in [0.1, 0.15) is 103 Å². The molecule has 0 amide bonds. The summed E-state index contributed by atoms with van der Waals surface area (Å²) in [7, 11) is 0. The standard InChI is InChI=1S/C32H44O2/c1-21(20-27(33)29(34)22-10-7-6-8-11-22)24-13-14-25-23-12-15-28-30(2,3)17-9-18-32(28,5)26(23)16-19-31(24,25)4/h6-8,10-11,14,21,24,27-28,33H,9,12-13,15-20H2,1-5H3/t21-,24-,27?,28+,31-,32-/m1/s1. The molecule has 0 aliphatic heterocycles. The average Bonchev–Trinajstić information content (AvgIpc) is 3.16. The van der Waals surface area contributed by atoms with Gasteiger partial charge in [-0.1, -0.05) is 83.0 Å². The monoisotopic (exact) mass is 460 g/mol. The molecule has 1 aromatic rings. The number of aliphatic hydroxyl groups is 1. The topological polar surface area (TPSA) is 37.3 Å². The zero-order chi connectivity index (χ0) is 24.3. The van der Waals surface area contributed by atoms with Crippen LogP contribution in [0.15, 0.2) is 53.1 Å². The van der Waals surface area contributed by atoms with Crippen LogP contribution < -0.4 is 0 Å². The minimum atomic E-state index is -0.915. The van der Waals surface area contributed by atoms with Crippen LogP contribution in [0, 0.1) is 34.0 Å². The maximum Gasteiger partial charge on any atom is 0.191 e. The number of benzene rings is 1. The molecular formula is C32H44O2. The molecule has 1 N–H and O–H groups in total. The summed E-state index contributed by atoms with van der Waals surface area (Å²) in [4.78, 5) is 12.8. The first-order valence-corrected chi connectivity index (χ1v) is 13.8. The summed E-state index contributed by atoms with van der Waals surface area (Å²) in [5.41, 5.74) is 6.77. The van der Waals surface area contributed by atoms with E-state index in [9.17, 15) is 9.90 Å². The molecule has 1 aromatic carbocycles. The Bertz CT molecular complexity index is 1010. The number of hydrogen-bond donors (Lipinski definition) is 1. The lowest BCUT2D eigenvalue weighted by Crippen LogP contribution is -2.47. The van der Waals surface area contributed by atoms with Crippen molar-refractivity contribution in [3.63, 3.8) is 0 Å². The molecule has 1 fully saturated rings. The molecule has 34 heavy (non-hydrogen) atoms. The van der Waals surface area contributed by atoms with E-state index in [1.807, 2.05) is 30.3 Å². The lowest BCUT2D eigenvalue weighted by atomic mass is 9.47. The van der Waals surface area contributed by atoms with Gasteiger partial charge in [0.05, 0.1) is 0 Å². The van der Waals surface area contributed by atoms with Crippen LogP contribution in [-0.4, -0.2) is 17.0 Å². The van der Waals surface area contributed by atoms with Crippen LogP contribution in [0.25, 0.3) is 0 Å². The first-order chi connectivity index (χ1) is 16.1. The highest BCUT2D eigenvalue weighted by Gasteiger charge is 2.55. The molecular weight excluding hydrogens is 416 g/mol. The Balaban J connectivity index is 1.36. The second-order valence-electron chi connectivity index (χ2n) is 13.1. The first kappa shape index (κ1) is 24.0. The molecule has 0 radical (unpaired) electrons. The molecule has 4 aliphatic carbocycles. The van der Waals surface area contributed by atoms with Crippen LogP contribution in [0.2, 0.25) is 0 Å². The van der Waals surface area contributed by atoms with E-state index in [1.165, 1.54) is 44.9 Å². The van der Waals surface area contributed by atoms with Crippen LogP contribution >= 0.6 is 0 Å². The summed E-state index contributed by atoms with van der Waals surface area (Å²) in [6, 6.07) is 9.27. The Labute approximate surface area is 206 Å². The number of rotatable bonds is 5. The van der Waals surface area contributed by atoms with Gasteiger partial charge in [-0.2, -0.15) is 0 Å².